The van der Waals surface area contributed by atoms with E-state index in [4.69, 9.17) is 5.11 Å². The molecule has 0 spiro atoms. The lowest BCUT2D eigenvalue weighted by Gasteiger charge is -2.13. The minimum Gasteiger partial charge on any atom is -0.481 e. The summed E-state index contributed by atoms with van der Waals surface area (Å²) in [5.74, 6) is -7.49. The number of carboxylic acid groups (broad SMARTS) is 1. The standard InChI is InChI=1S/C10H8F4O2/c11-7-2-1-6(3-8(7)12)4-10(13,14)5-9(15)16/h1-3H,4-5H2,(H,15,16). The normalized spacial score (nSPS) is 11.5. The summed E-state index contributed by atoms with van der Waals surface area (Å²) in [5.41, 5.74) is -0.148. The van der Waals surface area contributed by atoms with Crippen molar-refractivity contribution in [3.63, 3.8) is 0 Å². The van der Waals surface area contributed by atoms with Gasteiger partial charge in [0.15, 0.2) is 11.6 Å². The van der Waals surface area contributed by atoms with Gasteiger partial charge in [-0.25, -0.2) is 17.6 Å². The average Bonchev–Trinajstić information content (AvgIpc) is 2.08. The summed E-state index contributed by atoms with van der Waals surface area (Å²) >= 11 is 0. The Hall–Kier alpha value is -1.59. The topological polar surface area (TPSA) is 37.3 Å². The molecule has 0 amide bonds. The zero-order valence-corrected chi connectivity index (χ0v) is 8.01. The third kappa shape index (κ3) is 3.52. The van der Waals surface area contributed by atoms with Crippen molar-refractivity contribution in [2.24, 2.45) is 0 Å². The van der Waals surface area contributed by atoms with E-state index in [1.165, 1.54) is 0 Å². The second kappa shape index (κ2) is 4.51. The molecule has 1 rings (SSSR count). The minimum atomic E-state index is -3.48. The Balaban J connectivity index is 2.79. The fraction of sp³-hybridized carbons (Fsp3) is 0.300. The highest BCUT2D eigenvalue weighted by atomic mass is 19.3. The molecule has 0 saturated heterocycles. The molecule has 0 aliphatic heterocycles. The Morgan fingerprint density at radius 3 is 2.38 bits per heavy atom. The molecule has 6 heteroatoms. The van der Waals surface area contributed by atoms with Crippen LogP contribution in [0.5, 0.6) is 0 Å². The fourth-order valence-corrected chi connectivity index (χ4v) is 1.23. The monoisotopic (exact) mass is 236 g/mol. The summed E-state index contributed by atoms with van der Waals surface area (Å²) in [5, 5.41) is 8.21. The number of alkyl halides is 2. The molecule has 1 N–H and O–H groups in total. The molecule has 1 aromatic carbocycles. The summed E-state index contributed by atoms with van der Waals surface area (Å²) < 4.78 is 51.2. The van der Waals surface area contributed by atoms with Crippen LogP contribution in [0.2, 0.25) is 0 Å². The van der Waals surface area contributed by atoms with E-state index in [0.29, 0.717) is 6.07 Å². The lowest BCUT2D eigenvalue weighted by Crippen LogP contribution is -2.23. The van der Waals surface area contributed by atoms with Crippen LogP contribution in [0.1, 0.15) is 12.0 Å². The number of benzene rings is 1. The maximum Gasteiger partial charge on any atom is 0.309 e. The van der Waals surface area contributed by atoms with Crippen molar-refractivity contribution in [3.05, 3.63) is 35.4 Å². The molecule has 16 heavy (non-hydrogen) atoms. The van der Waals surface area contributed by atoms with Gasteiger partial charge in [0.05, 0.1) is 0 Å². The molecular formula is C10H8F4O2. The molecule has 0 aliphatic carbocycles. The summed E-state index contributed by atoms with van der Waals surface area (Å²) in [6, 6.07) is 2.35. The van der Waals surface area contributed by atoms with Crippen LogP contribution in [0, 0.1) is 11.6 Å². The molecule has 0 unspecified atom stereocenters. The van der Waals surface area contributed by atoms with Gasteiger partial charge in [-0.15, -0.1) is 0 Å². The summed E-state index contributed by atoms with van der Waals surface area (Å²) in [4.78, 5) is 10.1. The molecule has 2 nitrogen and oxygen atoms in total. The Bertz CT molecular complexity index is 404. The number of hydrogen-bond donors (Lipinski definition) is 1. The first-order chi connectivity index (χ1) is 7.30. The molecule has 0 radical (unpaired) electrons. The number of hydrogen-bond acceptors (Lipinski definition) is 1. The van der Waals surface area contributed by atoms with Gasteiger partial charge in [-0.05, 0) is 17.7 Å². The number of rotatable bonds is 4. The van der Waals surface area contributed by atoms with Crippen LogP contribution in [-0.4, -0.2) is 17.0 Å². The number of carbonyl (C=O) groups is 1. The first-order valence-electron chi connectivity index (χ1n) is 4.34. The number of aliphatic carboxylic acids is 1. The smallest absolute Gasteiger partial charge is 0.309 e. The van der Waals surface area contributed by atoms with Gasteiger partial charge in [0.25, 0.3) is 5.92 Å². The molecule has 1 aromatic rings. The van der Waals surface area contributed by atoms with E-state index < -0.39 is 36.4 Å². The molecule has 0 heterocycles. The molecule has 0 atom stereocenters. The average molecular weight is 236 g/mol. The highest BCUT2D eigenvalue weighted by Crippen LogP contribution is 2.24. The van der Waals surface area contributed by atoms with E-state index in [9.17, 15) is 22.4 Å². The minimum absolute atomic E-state index is 0.148. The van der Waals surface area contributed by atoms with E-state index >= 15 is 0 Å². The molecule has 0 saturated carbocycles. The van der Waals surface area contributed by atoms with Gasteiger partial charge in [0.1, 0.15) is 6.42 Å². The third-order valence-electron chi connectivity index (χ3n) is 1.86. The lowest BCUT2D eigenvalue weighted by molar-refractivity contribution is -0.144. The SMILES string of the molecule is O=C(O)CC(F)(F)Cc1ccc(F)c(F)c1. The van der Waals surface area contributed by atoms with E-state index in [1.807, 2.05) is 0 Å². The highest BCUT2D eigenvalue weighted by molar-refractivity contribution is 5.67. The number of halogens is 4. The predicted octanol–water partition coefficient (Wildman–Crippen LogP) is 2.62. The van der Waals surface area contributed by atoms with E-state index in [2.05, 4.69) is 0 Å². The van der Waals surface area contributed by atoms with Gasteiger partial charge >= 0.3 is 5.97 Å². The fourth-order valence-electron chi connectivity index (χ4n) is 1.23. The van der Waals surface area contributed by atoms with Crippen molar-refractivity contribution >= 4 is 5.97 Å². The molecule has 0 bridgehead atoms. The van der Waals surface area contributed by atoms with Crippen molar-refractivity contribution in [1.82, 2.24) is 0 Å². The summed E-state index contributed by atoms with van der Waals surface area (Å²) in [6.45, 7) is 0. The van der Waals surface area contributed by atoms with Crippen LogP contribution >= 0.6 is 0 Å². The van der Waals surface area contributed by atoms with Crippen molar-refractivity contribution < 1.29 is 27.5 Å². The van der Waals surface area contributed by atoms with Gasteiger partial charge in [-0.3, -0.25) is 4.79 Å². The Morgan fingerprint density at radius 1 is 1.25 bits per heavy atom. The van der Waals surface area contributed by atoms with Gasteiger partial charge in [0, 0.05) is 6.42 Å². The van der Waals surface area contributed by atoms with Gasteiger partial charge in [-0.1, -0.05) is 6.07 Å². The number of carboxylic acids is 1. The van der Waals surface area contributed by atoms with E-state index in [0.717, 1.165) is 12.1 Å². The van der Waals surface area contributed by atoms with Crippen molar-refractivity contribution in [1.29, 1.82) is 0 Å². The molecular weight excluding hydrogens is 228 g/mol. The molecule has 0 aromatic heterocycles. The summed E-state index contributed by atoms with van der Waals surface area (Å²) in [6.07, 6.45) is -2.28. The van der Waals surface area contributed by atoms with Gasteiger partial charge in [-0.2, -0.15) is 0 Å². The van der Waals surface area contributed by atoms with E-state index in [1.54, 1.807) is 0 Å². The Kier molecular flexibility index (Phi) is 3.51. The van der Waals surface area contributed by atoms with Crippen LogP contribution in [0.25, 0.3) is 0 Å². The molecule has 0 aliphatic rings. The predicted molar refractivity (Wildman–Crippen MR) is 47.3 cm³/mol. The quantitative estimate of drug-likeness (QED) is 0.816. The van der Waals surface area contributed by atoms with Crippen LogP contribution in [0.3, 0.4) is 0 Å². The maximum atomic E-state index is 13.0. The molecule has 88 valence electrons. The zero-order chi connectivity index (χ0) is 12.3. The second-order valence-electron chi connectivity index (χ2n) is 3.35. The zero-order valence-electron chi connectivity index (χ0n) is 8.01. The second-order valence-corrected chi connectivity index (χ2v) is 3.35. The van der Waals surface area contributed by atoms with Crippen molar-refractivity contribution in [3.8, 4) is 0 Å². The van der Waals surface area contributed by atoms with Crippen LogP contribution in [0.4, 0.5) is 17.6 Å². The Morgan fingerprint density at radius 2 is 1.88 bits per heavy atom. The van der Waals surface area contributed by atoms with Crippen LogP contribution < -0.4 is 0 Å². The third-order valence-corrected chi connectivity index (χ3v) is 1.86. The maximum absolute atomic E-state index is 13.0. The van der Waals surface area contributed by atoms with Crippen LogP contribution in [0.15, 0.2) is 18.2 Å². The lowest BCUT2D eigenvalue weighted by atomic mass is 10.0. The van der Waals surface area contributed by atoms with Gasteiger partial charge in [0.2, 0.25) is 0 Å². The van der Waals surface area contributed by atoms with Crippen molar-refractivity contribution in [2.75, 3.05) is 0 Å². The molecule has 0 fully saturated rings. The highest BCUT2D eigenvalue weighted by Gasteiger charge is 2.32. The van der Waals surface area contributed by atoms with Gasteiger partial charge < -0.3 is 5.11 Å². The first-order valence-corrected chi connectivity index (χ1v) is 4.34. The van der Waals surface area contributed by atoms with Crippen LogP contribution in [-0.2, 0) is 11.2 Å². The van der Waals surface area contributed by atoms with Crippen molar-refractivity contribution in [2.45, 2.75) is 18.8 Å². The first kappa shape index (κ1) is 12.5. The van der Waals surface area contributed by atoms with E-state index in [-0.39, 0.29) is 5.56 Å². The Labute approximate surface area is 88.5 Å². The largest absolute Gasteiger partial charge is 0.481 e. The summed E-state index contributed by atoms with van der Waals surface area (Å²) in [7, 11) is 0.